The molecular formula is C21H24N4O3. The standard InChI is InChI=1S/C21H24N4O3/c1-27-18-11-15-7-10-25(13-16(15)12-19(18)28-2)21(26)22-8-6-17-14-24-9-4-3-5-20(24)23-17/h3-5,9,11-12,14H,6-8,10,13H2,1-2H3,(H,22,26). The van der Waals surface area contributed by atoms with Crippen LogP contribution in [0.5, 0.6) is 11.5 Å². The van der Waals surface area contributed by atoms with Crippen molar-refractivity contribution in [2.24, 2.45) is 0 Å². The molecule has 28 heavy (non-hydrogen) atoms. The number of ether oxygens (including phenoxy) is 2. The fourth-order valence-electron chi connectivity index (χ4n) is 3.57. The van der Waals surface area contributed by atoms with Crippen LogP contribution in [0.3, 0.4) is 0 Å². The Labute approximate surface area is 163 Å². The minimum atomic E-state index is -0.0517. The molecule has 1 aromatic carbocycles. The summed E-state index contributed by atoms with van der Waals surface area (Å²) >= 11 is 0. The van der Waals surface area contributed by atoms with E-state index in [4.69, 9.17) is 9.47 Å². The topological polar surface area (TPSA) is 68.1 Å². The number of nitrogens with one attached hydrogen (secondary N) is 1. The second-order valence-corrected chi connectivity index (χ2v) is 6.83. The van der Waals surface area contributed by atoms with Crippen LogP contribution in [0.25, 0.3) is 5.65 Å². The highest BCUT2D eigenvalue weighted by Crippen LogP contribution is 2.33. The first kappa shape index (κ1) is 18.2. The number of urea groups is 1. The molecule has 0 atom stereocenters. The van der Waals surface area contributed by atoms with Gasteiger partial charge in [-0.25, -0.2) is 9.78 Å². The Morgan fingerprint density at radius 3 is 2.71 bits per heavy atom. The predicted molar refractivity (Wildman–Crippen MR) is 106 cm³/mol. The van der Waals surface area contributed by atoms with E-state index in [0.717, 1.165) is 29.1 Å². The van der Waals surface area contributed by atoms with Crippen molar-refractivity contribution in [3.05, 3.63) is 59.5 Å². The van der Waals surface area contributed by atoms with Crippen molar-refractivity contribution in [3.63, 3.8) is 0 Å². The molecule has 7 nitrogen and oxygen atoms in total. The molecule has 7 heteroatoms. The highest BCUT2D eigenvalue weighted by atomic mass is 16.5. The number of methoxy groups -OCH3 is 2. The average Bonchev–Trinajstić information content (AvgIpc) is 3.14. The van der Waals surface area contributed by atoms with Crippen LogP contribution >= 0.6 is 0 Å². The summed E-state index contributed by atoms with van der Waals surface area (Å²) in [4.78, 5) is 19.0. The lowest BCUT2D eigenvalue weighted by atomic mass is 9.99. The molecule has 0 spiro atoms. The maximum atomic E-state index is 12.6. The van der Waals surface area contributed by atoms with E-state index in [1.165, 1.54) is 5.56 Å². The van der Waals surface area contributed by atoms with Crippen molar-refractivity contribution in [1.82, 2.24) is 19.6 Å². The van der Waals surface area contributed by atoms with Gasteiger partial charge in [0, 0.05) is 38.4 Å². The molecule has 0 bridgehead atoms. The van der Waals surface area contributed by atoms with Crippen molar-refractivity contribution in [2.75, 3.05) is 27.3 Å². The quantitative estimate of drug-likeness (QED) is 0.739. The second kappa shape index (κ2) is 7.80. The van der Waals surface area contributed by atoms with E-state index in [1.54, 1.807) is 14.2 Å². The third kappa shape index (κ3) is 3.60. The van der Waals surface area contributed by atoms with E-state index >= 15 is 0 Å². The Hall–Kier alpha value is -3.22. The first-order chi connectivity index (χ1) is 13.7. The van der Waals surface area contributed by atoms with Crippen LogP contribution in [-0.2, 0) is 19.4 Å². The fraction of sp³-hybridized carbons (Fsp3) is 0.333. The molecule has 146 valence electrons. The molecule has 0 aliphatic carbocycles. The molecule has 3 aromatic rings. The van der Waals surface area contributed by atoms with E-state index < -0.39 is 0 Å². The number of pyridine rings is 1. The highest BCUT2D eigenvalue weighted by molar-refractivity contribution is 5.74. The molecule has 0 radical (unpaired) electrons. The predicted octanol–water partition coefficient (Wildman–Crippen LogP) is 2.66. The first-order valence-corrected chi connectivity index (χ1v) is 9.37. The number of rotatable bonds is 5. The zero-order valence-electron chi connectivity index (χ0n) is 16.1. The summed E-state index contributed by atoms with van der Waals surface area (Å²) in [6.45, 7) is 1.80. The summed E-state index contributed by atoms with van der Waals surface area (Å²) in [5.41, 5.74) is 4.18. The lowest BCUT2D eigenvalue weighted by molar-refractivity contribution is 0.192. The zero-order chi connectivity index (χ0) is 19.5. The smallest absolute Gasteiger partial charge is 0.317 e. The molecule has 1 aliphatic heterocycles. The van der Waals surface area contributed by atoms with Gasteiger partial charge in [-0.3, -0.25) is 0 Å². The van der Waals surface area contributed by atoms with Crippen LogP contribution in [0.4, 0.5) is 4.79 Å². The average molecular weight is 380 g/mol. The van der Waals surface area contributed by atoms with Gasteiger partial charge in [0.15, 0.2) is 11.5 Å². The van der Waals surface area contributed by atoms with Gasteiger partial charge < -0.3 is 24.1 Å². The number of hydrogen-bond acceptors (Lipinski definition) is 4. The molecule has 0 saturated heterocycles. The fourth-order valence-corrected chi connectivity index (χ4v) is 3.57. The minimum absolute atomic E-state index is 0.0517. The third-order valence-electron chi connectivity index (χ3n) is 5.08. The summed E-state index contributed by atoms with van der Waals surface area (Å²) in [5, 5.41) is 3.01. The van der Waals surface area contributed by atoms with Gasteiger partial charge in [0.2, 0.25) is 0 Å². The molecule has 0 unspecified atom stereocenters. The van der Waals surface area contributed by atoms with Crippen LogP contribution < -0.4 is 14.8 Å². The number of aromatic nitrogens is 2. The lowest BCUT2D eigenvalue weighted by Gasteiger charge is -2.29. The van der Waals surface area contributed by atoms with Crippen LogP contribution in [-0.4, -0.2) is 47.6 Å². The maximum Gasteiger partial charge on any atom is 0.317 e. The van der Waals surface area contributed by atoms with E-state index in [-0.39, 0.29) is 6.03 Å². The Morgan fingerprint density at radius 1 is 1.18 bits per heavy atom. The van der Waals surface area contributed by atoms with Crippen molar-refractivity contribution in [1.29, 1.82) is 0 Å². The molecule has 3 heterocycles. The summed E-state index contributed by atoms with van der Waals surface area (Å²) < 4.78 is 12.7. The van der Waals surface area contributed by atoms with Crippen LogP contribution in [0.2, 0.25) is 0 Å². The Morgan fingerprint density at radius 2 is 1.96 bits per heavy atom. The van der Waals surface area contributed by atoms with E-state index in [9.17, 15) is 4.79 Å². The largest absolute Gasteiger partial charge is 0.493 e. The number of fused-ring (bicyclic) bond motifs is 2. The van der Waals surface area contributed by atoms with E-state index in [1.807, 2.05) is 52.0 Å². The number of benzene rings is 1. The summed E-state index contributed by atoms with van der Waals surface area (Å²) in [5.74, 6) is 1.42. The third-order valence-corrected chi connectivity index (χ3v) is 5.08. The van der Waals surface area contributed by atoms with Crippen molar-refractivity contribution < 1.29 is 14.3 Å². The van der Waals surface area contributed by atoms with Crippen molar-refractivity contribution >= 4 is 11.7 Å². The SMILES string of the molecule is COc1cc2c(cc1OC)CN(C(=O)NCCc1cn3ccccc3n1)CC2. The molecule has 1 N–H and O–H groups in total. The summed E-state index contributed by atoms with van der Waals surface area (Å²) in [6, 6.07) is 9.82. The zero-order valence-corrected chi connectivity index (χ0v) is 16.1. The molecule has 0 fully saturated rings. The van der Waals surface area contributed by atoms with Gasteiger partial charge in [-0.05, 0) is 41.8 Å². The van der Waals surface area contributed by atoms with Gasteiger partial charge in [0.1, 0.15) is 5.65 Å². The van der Waals surface area contributed by atoms with E-state index in [0.29, 0.717) is 31.8 Å². The van der Waals surface area contributed by atoms with Gasteiger partial charge >= 0.3 is 6.03 Å². The second-order valence-electron chi connectivity index (χ2n) is 6.83. The number of carbonyl (C=O) groups is 1. The minimum Gasteiger partial charge on any atom is -0.493 e. The number of carbonyl (C=O) groups excluding carboxylic acids is 1. The highest BCUT2D eigenvalue weighted by Gasteiger charge is 2.22. The normalized spacial score (nSPS) is 13.3. The lowest BCUT2D eigenvalue weighted by Crippen LogP contribution is -2.43. The molecular weight excluding hydrogens is 356 g/mol. The van der Waals surface area contributed by atoms with Crippen molar-refractivity contribution in [2.45, 2.75) is 19.4 Å². The van der Waals surface area contributed by atoms with Crippen LogP contribution in [0.1, 0.15) is 16.8 Å². The van der Waals surface area contributed by atoms with Gasteiger partial charge in [0.05, 0.1) is 19.9 Å². The molecule has 4 rings (SSSR count). The van der Waals surface area contributed by atoms with Gasteiger partial charge in [0.25, 0.3) is 0 Å². The van der Waals surface area contributed by atoms with Crippen LogP contribution in [0.15, 0.2) is 42.7 Å². The molecule has 2 aromatic heterocycles. The number of hydrogen-bond donors (Lipinski definition) is 1. The van der Waals surface area contributed by atoms with Gasteiger partial charge in [-0.1, -0.05) is 6.07 Å². The number of amides is 2. The molecule has 1 aliphatic rings. The number of nitrogens with zero attached hydrogens (tertiary/aromatic N) is 3. The Kier molecular flexibility index (Phi) is 5.06. The van der Waals surface area contributed by atoms with Crippen molar-refractivity contribution in [3.8, 4) is 11.5 Å². The monoisotopic (exact) mass is 380 g/mol. The van der Waals surface area contributed by atoms with E-state index in [2.05, 4.69) is 10.3 Å². The maximum absolute atomic E-state index is 12.6. The van der Waals surface area contributed by atoms with Gasteiger partial charge in [-0.2, -0.15) is 0 Å². The van der Waals surface area contributed by atoms with Crippen LogP contribution in [0, 0.1) is 0 Å². The molecule has 2 amide bonds. The van der Waals surface area contributed by atoms with Gasteiger partial charge in [-0.15, -0.1) is 0 Å². The Bertz CT molecular complexity index is 965. The summed E-state index contributed by atoms with van der Waals surface area (Å²) in [6.07, 6.45) is 5.47. The molecule has 0 saturated carbocycles. The Balaban J connectivity index is 1.35. The number of imidazole rings is 1. The summed E-state index contributed by atoms with van der Waals surface area (Å²) in [7, 11) is 3.26. The first-order valence-electron chi connectivity index (χ1n) is 9.37.